The molecule has 7 heteroatoms. The number of carbonyl (C=O) groups is 1. The maximum Gasteiger partial charge on any atom is 0.276 e. The topological polar surface area (TPSA) is 73.1 Å². The van der Waals surface area contributed by atoms with Crippen LogP contribution in [0.4, 0.5) is 0 Å². The van der Waals surface area contributed by atoms with Gasteiger partial charge in [0.15, 0.2) is 5.69 Å². The van der Waals surface area contributed by atoms with Crippen LogP contribution in [0.5, 0.6) is 5.88 Å². The van der Waals surface area contributed by atoms with Crippen molar-refractivity contribution in [2.24, 2.45) is 0 Å². The van der Waals surface area contributed by atoms with Gasteiger partial charge in [0.2, 0.25) is 5.88 Å². The SMILES string of the molecule is O=C(c1cnn(-c2ccccc2)n1)N1CC(Oc2ccccn2)C1. The zero-order valence-corrected chi connectivity index (χ0v) is 12.8. The minimum atomic E-state index is -0.141. The van der Waals surface area contributed by atoms with Crippen molar-refractivity contribution < 1.29 is 9.53 Å². The molecule has 24 heavy (non-hydrogen) atoms. The van der Waals surface area contributed by atoms with Gasteiger partial charge >= 0.3 is 0 Å². The van der Waals surface area contributed by atoms with Gasteiger partial charge in [-0.1, -0.05) is 24.3 Å². The minimum absolute atomic E-state index is 0.0342. The first kappa shape index (κ1) is 14.4. The summed E-state index contributed by atoms with van der Waals surface area (Å²) in [5.41, 5.74) is 1.15. The van der Waals surface area contributed by atoms with E-state index in [1.807, 2.05) is 42.5 Å². The summed E-state index contributed by atoms with van der Waals surface area (Å²) in [6.07, 6.45) is 3.13. The van der Waals surface area contributed by atoms with E-state index in [1.165, 1.54) is 11.0 Å². The number of amides is 1. The number of ether oxygens (including phenoxy) is 1. The van der Waals surface area contributed by atoms with Crippen molar-refractivity contribution in [2.45, 2.75) is 6.10 Å². The first-order chi connectivity index (χ1) is 11.8. The number of nitrogens with zero attached hydrogens (tertiary/aromatic N) is 5. The van der Waals surface area contributed by atoms with Crippen molar-refractivity contribution >= 4 is 5.91 Å². The minimum Gasteiger partial charge on any atom is -0.471 e. The third-order valence-corrected chi connectivity index (χ3v) is 3.76. The number of pyridine rings is 1. The predicted octanol–water partition coefficient (Wildman–Crippen LogP) is 1.57. The molecule has 0 saturated carbocycles. The van der Waals surface area contributed by atoms with Crippen molar-refractivity contribution in [3.63, 3.8) is 0 Å². The number of carbonyl (C=O) groups excluding carboxylic acids is 1. The Morgan fingerprint density at radius 1 is 1.08 bits per heavy atom. The van der Waals surface area contributed by atoms with Crippen LogP contribution in [-0.2, 0) is 0 Å². The van der Waals surface area contributed by atoms with Crippen LogP contribution >= 0.6 is 0 Å². The first-order valence-electron chi connectivity index (χ1n) is 7.64. The maximum atomic E-state index is 12.4. The molecule has 0 bridgehead atoms. The van der Waals surface area contributed by atoms with Crippen LogP contribution in [-0.4, -0.2) is 50.0 Å². The highest BCUT2D eigenvalue weighted by atomic mass is 16.5. The van der Waals surface area contributed by atoms with E-state index in [0.29, 0.717) is 24.7 Å². The molecular weight excluding hydrogens is 306 g/mol. The standard InChI is InChI=1S/C17H15N5O2/c23-17(15-10-19-22(20-15)13-6-2-1-3-7-13)21-11-14(12-21)24-16-8-4-5-9-18-16/h1-10,14H,11-12H2. The summed E-state index contributed by atoms with van der Waals surface area (Å²) in [6, 6.07) is 15.0. The van der Waals surface area contributed by atoms with E-state index in [-0.39, 0.29) is 12.0 Å². The van der Waals surface area contributed by atoms with Gasteiger partial charge in [-0.2, -0.15) is 9.90 Å². The lowest BCUT2D eigenvalue weighted by molar-refractivity contribution is 0.0155. The third kappa shape index (κ3) is 2.83. The van der Waals surface area contributed by atoms with Crippen LogP contribution in [0, 0.1) is 0 Å². The largest absolute Gasteiger partial charge is 0.471 e. The Labute approximate surface area is 138 Å². The molecule has 0 radical (unpaired) electrons. The molecule has 1 aliphatic rings. The molecule has 3 heterocycles. The highest BCUT2D eigenvalue weighted by Gasteiger charge is 2.34. The van der Waals surface area contributed by atoms with Crippen LogP contribution in [0.1, 0.15) is 10.5 Å². The average molecular weight is 321 g/mol. The number of hydrogen-bond acceptors (Lipinski definition) is 5. The summed E-state index contributed by atoms with van der Waals surface area (Å²) >= 11 is 0. The smallest absolute Gasteiger partial charge is 0.276 e. The molecule has 1 aromatic carbocycles. The Bertz CT molecular complexity index is 828. The third-order valence-electron chi connectivity index (χ3n) is 3.76. The van der Waals surface area contributed by atoms with E-state index < -0.39 is 0 Å². The molecule has 120 valence electrons. The highest BCUT2D eigenvalue weighted by Crippen LogP contribution is 2.17. The number of rotatable bonds is 4. The lowest BCUT2D eigenvalue weighted by atomic mass is 10.1. The number of likely N-dealkylation sites (tertiary alicyclic amines) is 1. The quantitative estimate of drug-likeness (QED) is 0.729. The van der Waals surface area contributed by atoms with Crippen molar-refractivity contribution in [1.82, 2.24) is 24.9 Å². The summed E-state index contributed by atoms with van der Waals surface area (Å²) in [6.45, 7) is 1.04. The number of para-hydroxylation sites is 1. The van der Waals surface area contributed by atoms with Crippen LogP contribution in [0.3, 0.4) is 0 Å². The van der Waals surface area contributed by atoms with Gasteiger partial charge in [-0.15, -0.1) is 5.10 Å². The molecule has 0 spiro atoms. The van der Waals surface area contributed by atoms with Crippen molar-refractivity contribution in [3.05, 3.63) is 66.6 Å². The molecule has 3 aromatic rings. The van der Waals surface area contributed by atoms with Crippen LogP contribution in [0.25, 0.3) is 5.69 Å². The Kier molecular flexibility index (Phi) is 3.66. The Hall–Kier alpha value is -3.22. The van der Waals surface area contributed by atoms with Crippen LogP contribution in [0.15, 0.2) is 60.9 Å². The maximum absolute atomic E-state index is 12.4. The molecule has 1 fully saturated rings. The molecule has 1 saturated heterocycles. The van der Waals surface area contributed by atoms with Crippen molar-refractivity contribution in [1.29, 1.82) is 0 Å². The van der Waals surface area contributed by atoms with Gasteiger partial charge in [-0.25, -0.2) is 4.98 Å². The predicted molar refractivity (Wildman–Crippen MR) is 85.9 cm³/mol. The van der Waals surface area contributed by atoms with Gasteiger partial charge in [0.1, 0.15) is 6.10 Å². The van der Waals surface area contributed by atoms with Crippen LogP contribution < -0.4 is 4.74 Å². The van der Waals surface area contributed by atoms with Gasteiger partial charge in [0.05, 0.1) is 25.0 Å². The van der Waals surface area contributed by atoms with Gasteiger partial charge in [0.25, 0.3) is 5.91 Å². The van der Waals surface area contributed by atoms with E-state index in [1.54, 1.807) is 17.2 Å². The van der Waals surface area contributed by atoms with E-state index in [4.69, 9.17) is 4.74 Å². The van der Waals surface area contributed by atoms with Gasteiger partial charge < -0.3 is 9.64 Å². The second-order valence-electron chi connectivity index (χ2n) is 5.47. The fraction of sp³-hybridized carbons (Fsp3) is 0.176. The Morgan fingerprint density at radius 2 is 1.88 bits per heavy atom. The Balaban J connectivity index is 1.37. The monoisotopic (exact) mass is 321 g/mol. The highest BCUT2D eigenvalue weighted by molar-refractivity contribution is 5.92. The lowest BCUT2D eigenvalue weighted by Gasteiger charge is -2.38. The normalized spacial score (nSPS) is 14.2. The molecule has 4 rings (SSSR count). The second-order valence-corrected chi connectivity index (χ2v) is 5.47. The average Bonchev–Trinajstić information content (AvgIpc) is 3.09. The molecule has 0 atom stereocenters. The van der Waals surface area contributed by atoms with E-state index in [0.717, 1.165) is 5.69 Å². The second kappa shape index (κ2) is 6.11. The summed E-state index contributed by atoms with van der Waals surface area (Å²) in [4.78, 5) is 19.7. The fourth-order valence-corrected chi connectivity index (χ4v) is 2.47. The zero-order valence-electron chi connectivity index (χ0n) is 12.8. The van der Waals surface area contributed by atoms with Gasteiger partial charge in [0, 0.05) is 12.3 Å². The van der Waals surface area contributed by atoms with Crippen LogP contribution in [0.2, 0.25) is 0 Å². The van der Waals surface area contributed by atoms with E-state index in [9.17, 15) is 4.79 Å². The van der Waals surface area contributed by atoms with Crippen molar-refractivity contribution in [2.75, 3.05) is 13.1 Å². The number of aromatic nitrogens is 4. The molecule has 1 amide bonds. The van der Waals surface area contributed by atoms with E-state index >= 15 is 0 Å². The van der Waals surface area contributed by atoms with Gasteiger partial charge in [-0.05, 0) is 18.2 Å². The molecule has 2 aromatic heterocycles. The number of hydrogen-bond donors (Lipinski definition) is 0. The summed E-state index contributed by atoms with van der Waals surface area (Å²) in [7, 11) is 0. The number of benzene rings is 1. The summed E-state index contributed by atoms with van der Waals surface area (Å²) < 4.78 is 5.69. The fourth-order valence-electron chi connectivity index (χ4n) is 2.47. The summed E-state index contributed by atoms with van der Waals surface area (Å²) in [5.74, 6) is 0.433. The summed E-state index contributed by atoms with van der Waals surface area (Å²) in [5, 5.41) is 8.41. The molecule has 0 aliphatic carbocycles. The molecule has 1 aliphatic heterocycles. The zero-order chi connectivity index (χ0) is 16.4. The molecular formula is C17H15N5O2. The van der Waals surface area contributed by atoms with Crippen molar-refractivity contribution in [3.8, 4) is 11.6 Å². The molecule has 7 nitrogen and oxygen atoms in total. The Morgan fingerprint density at radius 3 is 2.62 bits per heavy atom. The lowest BCUT2D eigenvalue weighted by Crippen LogP contribution is -2.56. The first-order valence-corrected chi connectivity index (χ1v) is 7.64. The van der Waals surface area contributed by atoms with E-state index in [2.05, 4.69) is 15.2 Å². The van der Waals surface area contributed by atoms with Gasteiger partial charge in [-0.3, -0.25) is 4.79 Å². The molecule has 0 N–H and O–H groups in total. The molecule has 0 unspecified atom stereocenters.